The van der Waals surface area contributed by atoms with Gasteiger partial charge in [-0.05, 0) is 80.3 Å². The molecular weight excluding hydrogens is 543 g/mol. The summed E-state index contributed by atoms with van der Waals surface area (Å²) < 4.78 is 34.9. The first-order valence-electron chi connectivity index (χ1n) is 12.6. The van der Waals surface area contributed by atoms with Gasteiger partial charge >= 0.3 is 17.9 Å². The summed E-state index contributed by atoms with van der Waals surface area (Å²) in [5.41, 5.74) is 3.08. The second-order valence-electron chi connectivity index (χ2n) is 9.14. The van der Waals surface area contributed by atoms with Crippen molar-refractivity contribution >= 4 is 24.4 Å². The normalized spacial score (nSPS) is 9.81. The third-order valence-electron chi connectivity index (χ3n) is 5.08. The van der Waals surface area contributed by atoms with Crippen LogP contribution in [0.25, 0.3) is 11.1 Å². The zero-order valence-corrected chi connectivity index (χ0v) is 23.6. The number of benzene rings is 3. The van der Waals surface area contributed by atoms with E-state index in [1.165, 1.54) is 36.8 Å². The number of esters is 3. The molecule has 42 heavy (non-hydrogen) atoms. The minimum absolute atomic E-state index is 0.0103. The van der Waals surface area contributed by atoms with Gasteiger partial charge in [0.15, 0.2) is 23.1 Å². The molecule has 0 saturated carbocycles. The second-order valence-corrected chi connectivity index (χ2v) is 9.14. The molecule has 0 amide bonds. The predicted molar refractivity (Wildman–Crippen MR) is 156 cm³/mol. The van der Waals surface area contributed by atoms with Crippen LogP contribution in [0.5, 0.6) is 23.0 Å². The molecule has 0 aliphatic heterocycles. The number of carbonyl (C=O) groups excluding carboxylic acids is 4. The van der Waals surface area contributed by atoms with Crippen molar-refractivity contribution in [2.45, 2.75) is 33.6 Å². The SMILES string of the molecule is C=C(C)C.C=CC(=O)Oc1ccc(CCC(=O)Oc2ccc(-c3ccc(OC=O)cc3)cc2F)cc1OC(=O)C(=C)C. The van der Waals surface area contributed by atoms with Gasteiger partial charge in [-0.1, -0.05) is 43.0 Å². The second kappa shape index (κ2) is 16.1. The van der Waals surface area contributed by atoms with E-state index in [1.807, 2.05) is 13.8 Å². The molecule has 0 spiro atoms. The summed E-state index contributed by atoms with van der Waals surface area (Å²) in [5.74, 6) is -2.81. The van der Waals surface area contributed by atoms with Gasteiger partial charge in [0.25, 0.3) is 6.47 Å². The number of carbonyl (C=O) groups is 4. The Hall–Kier alpha value is -5.31. The Kier molecular flexibility index (Phi) is 12.6. The van der Waals surface area contributed by atoms with Crippen molar-refractivity contribution in [1.29, 1.82) is 0 Å². The van der Waals surface area contributed by atoms with Gasteiger partial charge in [-0.25, -0.2) is 14.0 Å². The van der Waals surface area contributed by atoms with Crippen molar-refractivity contribution in [2.75, 3.05) is 0 Å². The van der Waals surface area contributed by atoms with E-state index in [0.717, 1.165) is 6.08 Å². The van der Waals surface area contributed by atoms with Crippen LogP contribution in [0.3, 0.4) is 0 Å². The van der Waals surface area contributed by atoms with E-state index in [1.54, 1.807) is 36.4 Å². The van der Waals surface area contributed by atoms with Crippen LogP contribution < -0.4 is 18.9 Å². The molecule has 0 bridgehead atoms. The van der Waals surface area contributed by atoms with Gasteiger partial charge in [0, 0.05) is 18.1 Å². The summed E-state index contributed by atoms with van der Waals surface area (Å²) in [4.78, 5) is 46.4. The molecule has 0 fully saturated rings. The number of halogens is 1. The Bertz CT molecular complexity index is 1480. The van der Waals surface area contributed by atoms with Crippen LogP contribution in [0, 0.1) is 5.82 Å². The summed E-state index contributed by atoms with van der Waals surface area (Å²) in [5, 5.41) is 0. The number of hydrogen-bond donors (Lipinski definition) is 0. The number of aryl methyl sites for hydroxylation is 1. The minimum Gasteiger partial charge on any atom is -0.429 e. The molecule has 9 heteroatoms. The number of ether oxygens (including phenoxy) is 4. The zero-order valence-electron chi connectivity index (χ0n) is 23.6. The summed E-state index contributed by atoms with van der Waals surface area (Å²) in [7, 11) is 0. The van der Waals surface area contributed by atoms with Crippen molar-refractivity contribution < 1.29 is 42.5 Å². The van der Waals surface area contributed by atoms with E-state index >= 15 is 0 Å². The van der Waals surface area contributed by atoms with Crippen LogP contribution in [0.15, 0.2) is 97.6 Å². The average Bonchev–Trinajstić information content (AvgIpc) is 2.94. The molecule has 8 nitrogen and oxygen atoms in total. The maximum Gasteiger partial charge on any atom is 0.338 e. The highest BCUT2D eigenvalue weighted by Gasteiger charge is 2.16. The van der Waals surface area contributed by atoms with Gasteiger partial charge in [-0.3, -0.25) is 9.59 Å². The Morgan fingerprint density at radius 1 is 0.810 bits per heavy atom. The van der Waals surface area contributed by atoms with Crippen LogP contribution in [0.2, 0.25) is 0 Å². The lowest BCUT2D eigenvalue weighted by Crippen LogP contribution is -2.12. The van der Waals surface area contributed by atoms with Gasteiger partial charge in [-0.15, -0.1) is 6.58 Å². The van der Waals surface area contributed by atoms with E-state index in [2.05, 4.69) is 19.7 Å². The van der Waals surface area contributed by atoms with Gasteiger partial charge < -0.3 is 18.9 Å². The molecule has 0 heterocycles. The van der Waals surface area contributed by atoms with Gasteiger partial charge in [0.05, 0.1) is 0 Å². The van der Waals surface area contributed by atoms with E-state index in [9.17, 15) is 23.6 Å². The van der Waals surface area contributed by atoms with E-state index in [0.29, 0.717) is 28.9 Å². The lowest BCUT2D eigenvalue weighted by Gasteiger charge is -2.12. The zero-order chi connectivity index (χ0) is 31.2. The lowest BCUT2D eigenvalue weighted by atomic mass is 10.1. The molecule has 218 valence electrons. The largest absolute Gasteiger partial charge is 0.429 e. The number of allylic oxidation sites excluding steroid dienone is 1. The predicted octanol–water partition coefficient (Wildman–Crippen LogP) is 6.72. The molecule has 0 N–H and O–H groups in total. The Labute approximate surface area is 243 Å². The smallest absolute Gasteiger partial charge is 0.338 e. The van der Waals surface area contributed by atoms with Crippen molar-refractivity contribution in [3.63, 3.8) is 0 Å². The highest BCUT2D eigenvalue weighted by molar-refractivity contribution is 5.89. The van der Waals surface area contributed by atoms with Crippen molar-refractivity contribution in [2.24, 2.45) is 0 Å². The highest BCUT2D eigenvalue weighted by Crippen LogP contribution is 2.31. The Balaban J connectivity index is 0.00000144. The van der Waals surface area contributed by atoms with Crippen molar-refractivity contribution in [1.82, 2.24) is 0 Å². The van der Waals surface area contributed by atoms with Crippen LogP contribution in [0.4, 0.5) is 4.39 Å². The maximum atomic E-state index is 14.6. The standard InChI is InChI=1S/C29H23FO8.C4H8/c1-4-27(32)37-25-12-5-19(15-26(25)38-29(34)18(2)3)6-14-28(33)36-24-13-9-21(16-23(24)30)20-7-10-22(11-8-20)35-17-31;1-4(2)3/h4-5,7-13,15-17H,1-2,6,14H2,3H3;1H2,2-3H3. The van der Waals surface area contributed by atoms with Crippen molar-refractivity contribution in [3.8, 4) is 34.1 Å². The fraction of sp³-hybridized carbons (Fsp3) is 0.152. The van der Waals surface area contributed by atoms with E-state index in [4.69, 9.17) is 18.9 Å². The average molecular weight is 575 g/mol. The van der Waals surface area contributed by atoms with Crippen LogP contribution >= 0.6 is 0 Å². The van der Waals surface area contributed by atoms with Crippen LogP contribution in [0.1, 0.15) is 32.8 Å². The fourth-order valence-electron chi connectivity index (χ4n) is 3.17. The topological polar surface area (TPSA) is 105 Å². The van der Waals surface area contributed by atoms with E-state index < -0.39 is 23.7 Å². The first kappa shape index (κ1) is 32.9. The van der Waals surface area contributed by atoms with Gasteiger partial charge in [0.1, 0.15) is 5.75 Å². The number of rotatable bonds is 11. The molecule has 3 aromatic carbocycles. The molecule has 3 aromatic rings. The Morgan fingerprint density at radius 3 is 2.00 bits per heavy atom. The molecule has 0 aliphatic rings. The number of hydrogen-bond acceptors (Lipinski definition) is 8. The minimum atomic E-state index is -0.745. The maximum absolute atomic E-state index is 14.6. The molecular formula is C33H31FO8. The first-order chi connectivity index (χ1) is 19.9. The summed E-state index contributed by atoms with van der Waals surface area (Å²) in [6.45, 7) is 16.1. The molecule has 0 saturated heterocycles. The van der Waals surface area contributed by atoms with Crippen molar-refractivity contribution in [3.05, 3.63) is 109 Å². The van der Waals surface area contributed by atoms with Gasteiger partial charge in [0.2, 0.25) is 0 Å². The van der Waals surface area contributed by atoms with Crippen LogP contribution in [-0.2, 0) is 25.6 Å². The molecule has 3 rings (SSSR count). The third kappa shape index (κ3) is 10.7. The van der Waals surface area contributed by atoms with Gasteiger partial charge in [-0.2, -0.15) is 0 Å². The molecule has 0 radical (unpaired) electrons. The quantitative estimate of drug-likeness (QED) is 0.0817. The van der Waals surface area contributed by atoms with Crippen LogP contribution in [-0.4, -0.2) is 24.4 Å². The highest BCUT2D eigenvalue weighted by atomic mass is 19.1. The summed E-state index contributed by atoms with van der Waals surface area (Å²) >= 11 is 0. The molecule has 0 aliphatic carbocycles. The van der Waals surface area contributed by atoms with E-state index in [-0.39, 0.29) is 35.7 Å². The summed E-state index contributed by atoms with van der Waals surface area (Å²) in [6, 6.07) is 15.0. The monoisotopic (exact) mass is 574 g/mol. The molecule has 0 atom stereocenters. The fourth-order valence-corrected chi connectivity index (χ4v) is 3.17. The third-order valence-corrected chi connectivity index (χ3v) is 5.08. The lowest BCUT2D eigenvalue weighted by molar-refractivity contribution is -0.134. The molecule has 0 unspecified atom stereocenters. The summed E-state index contributed by atoms with van der Waals surface area (Å²) in [6.07, 6.45) is 1.01. The Morgan fingerprint density at radius 2 is 1.43 bits per heavy atom. The first-order valence-corrected chi connectivity index (χ1v) is 12.6. The molecule has 0 aromatic heterocycles.